The van der Waals surface area contributed by atoms with Gasteiger partial charge in [-0.2, -0.15) is 0 Å². The van der Waals surface area contributed by atoms with Crippen molar-refractivity contribution in [2.45, 2.75) is 13.5 Å². The lowest BCUT2D eigenvalue weighted by atomic mass is 10.2. The zero-order valence-electron chi connectivity index (χ0n) is 15.4. The highest BCUT2D eigenvalue weighted by atomic mass is 35.5. The SMILES string of the molecule is CCOC(=O)N1CCN(C(=O)CN(C)Cc2cc([N+](=O)[O-])ccc2Cl)CC1. The maximum atomic E-state index is 12.5. The summed E-state index contributed by atoms with van der Waals surface area (Å²) in [5, 5.41) is 11.3. The molecule has 10 heteroatoms. The van der Waals surface area contributed by atoms with Crippen molar-refractivity contribution in [3.05, 3.63) is 38.9 Å². The van der Waals surface area contributed by atoms with E-state index in [1.165, 1.54) is 18.2 Å². The Kier molecular flexibility index (Phi) is 7.37. The molecule has 0 aliphatic carbocycles. The van der Waals surface area contributed by atoms with Crippen molar-refractivity contribution in [1.82, 2.24) is 14.7 Å². The number of hydrogen-bond acceptors (Lipinski definition) is 6. The molecule has 1 saturated heterocycles. The lowest BCUT2D eigenvalue weighted by Gasteiger charge is -2.34. The Labute approximate surface area is 162 Å². The summed E-state index contributed by atoms with van der Waals surface area (Å²) >= 11 is 6.11. The van der Waals surface area contributed by atoms with Gasteiger partial charge in [0.15, 0.2) is 0 Å². The van der Waals surface area contributed by atoms with Crippen LogP contribution in [0.2, 0.25) is 5.02 Å². The van der Waals surface area contributed by atoms with E-state index in [1.54, 1.807) is 28.7 Å². The maximum absolute atomic E-state index is 12.5. The monoisotopic (exact) mass is 398 g/mol. The van der Waals surface area contributed by atoms with Crippen LogP contribution in [0, 0.1) is 10.1 Å². The summed E-state index contributed by atoms with van der Waals surface area (Å²) in [6, 6.07) is 4.25. The Morgan fingerprint density at radius 2 is 1.89 bits per heavy atom. The van der Waals surface area contributed by atoms with Crippen LogP contribution >= 0.6 is 11.6 Å². The molecule has 1 aromatic carbocycles. The van der Waals surface area contributed by atoms with E-state index in [9.17, 15) is 19.7 Å². The van der Waals surface area contributed by atoms with E-state index >= 15 is 0 Å². The second-order valence-corrected chi connectivity index (χ2v) is 6.68. The fourth-order valence-electron chi connectivity index (χ4n) is 2.83. The predicted molar refractivity (Wildman–Crippen MR) is 99.6 cm³/mol. The van der Waals surface area contributed by atoms with Gasteiger partial charge in [0.05, 0.1) is 18.1 Å². The fraction of sp³-hybridized carbons (Fsp3) is 0.529. The molecule has 0 N–H and O–H groups in total. The first-order chi connectivity index (χ1) is 12.8. The number of ether oxygens (including phenoxy) is 1. The van der Waals surface area contributed by atoms with Gasteiger partial charge in [0.25, 0.3) is 5.69 Å². The third kappa shape index (κ3) is 5.80. The summed E-state index contributed by atoms with van der Waals surface area (Å²) in [5.41, 5.74) is 0.553. The molecule has 1 fully saturated rings. The van der Waals surface area contributed by atoms with Crippen LogP contribution in [0.5, 0.6) is 0 Å². The van der Waals surface area contributed by atoms with Crippen molar-refractivity contribution >= 4 is 29.3 Å². The van der Waals surface area contributed by atoms with Crippen molar-refractivity contribution in [3.8, 4) is 0 Å². The third-order valence-corrected chi connectivity index (χ3v) is 4.61. The van der Waals surface area contributed by atoms with Gasteiger partial charge in [-0.15, -0.1) is 0 Å². The molecule has 0 unspecified atom stereocenters. The molecule has 0 aromatic heterocycles. The minimum absolute atomic E-state index is 0.0378. The highest BCUT2D eigenvalue weighted by molar-refractivity contribution is 6.31. The van der Waals surface area contributed by atoms with Gasteiger partial charge in [-0.05, 0) is 25.6 Å². The van der Waals surface area contributed by atoms with Crippen LogP contribution in [-0.2, 0) is 16.1 Å². The number of amides is 2. The Bertz CT molecular complexity index is 707. The first kappa shape index (κ1) is 20.9. The number of nitrogens with zero attached hydrogens (tertiary/aromatic N) is 4. The van der Waals surface area contributed by atoms with Crippen LogP contribution in [0.4, 0.5) is 10.5 Å². The zero-order chi connectivity index (χ0) is 20.0. The normalized spacial score (nSPS) is 14.4. The van der Waals surface area contributed by atoms with Gasteiger partial charge in [0, 0.05) is 49.9 Å². The van der Waals surface area contributed by atoms with Gasteiger partial charge in [-0.1, -0.05) is 11.6 Å². The predicted octanol–water partition coefficient (Wildman–Crippen LogP) is 1.98. The minimum Gasteiger partial charge on any atom is -0.450 e. The quantitative estimate of drug-likeness (QED) is 0.537. The average Bonchev–Trinajstić information content (AvgIpc) is 2.63. The molecular weight excluding hydrogens is 376 g/mol. The zero-order valence-corrected chi connectivity index (χ0v) is 16.1. The summed E-state index contributed by atoms with van der Waals surface area (Å²) < 4.78 is 4.96. The Balaban J connectivity index is 1.87. The fourth-order valence-corrected chi connectivity index (χ4v) is 3.00. The molecule has 1 aliphatic rings. The van der Waals surface area contributed by atoms with Crippen LogP contribution in [0.25, 0.3) is 0 Å². The highest BCUT2D eigenvalue weighted by Gasteiger charge is 2.25. The van der Waals surface area contributed by atoms with Crippen molar-refractivity contribution in [2.24, 2.45) is 0 Å². The number of benzene rings is 1. The van der Waals surface area contributed by atoms with Gasteiger partial charge >= 0.3 is 6.09 Å². The lowest BCUT2D eigenvalue weighted by molar-refractivity contribution is -0.384. The van der Waals surface area contributed by atoms with E-state index in [-0.39, 0.29) is 24.2 Å². The molecule has 0 atom stereocenters. The number of carbonyl (C=O) groups excluding carboxylic acids is 2. The first-order valence-electron chi connectivity index (χ1n) is 8.62. The minimum atomic E-state index is -0.478. The highest BCUT2D eigenvalue weighted by Crippen LogP contribution is 2.23. The van der Waals surface area contributed by atoms with Crippen LogP contribution in [0.15, 0.2) is 18.2 Å². The van der Waals surface area contributed by atoms with Gasteiger partial charge in [0.1, 0.15) is 0 Å². The Hall–Kier alpha value is -2.39. The van der Waals surface area contributed by atoms with Crippen LogP contribution in [0.3, 0.4) is 0 Å². The number of halogens is 1. The van der Waals surface area contributed by atoms with E-state index in [0.717, 1.165) is 0 Å². The molecule has 9 nitrogen and oxygen atoms in total. The number of carbonyl (C=O) groups is 2. The van der Waals surface area contributed by atoms with Gasteiger partial charge in [-0.25, -0.2) is 4.79 Å². The largest absolute Gasteiger partial charge is 0.450 e. The van der Waals surface area contributed by atoms with E-state index in [4.69, 9.17) is 16.3 Å². The van der Waals surface area contributed by atoms with Gasteiger partial charge < -0.3 is 14.5 Å². The second-order valence-electron chi connectivity index (χ2n) is 6.27. The van der Waals surface area contributed by atoms with Crippen LogP contribution in [-0.4, -0.2) is 78.0 Å². The molecule has 1 aliphatic heterocycles. The van der Waals surface area contributed by atoms with Crippen molar-refractivity contribution in [1.29, 1.82) is 0 Å². The molecule has 2 rings (SSSR count). The van der Waals surface area contributed by atoms with E-state index < -0.39 is 4.92 Å². The van der Waals surface area contributed by atoms with Gasteiger partial charge in [0.2, 0.25) is 5.91 Å². The number of piperazine rings is 1. The van der Waals surface area contributed by atoms with Crippen molar-refractivity contribution < 1.29 is 19.2 Å². The number of nitro benzene ring substituents is 1. The van der Waals surface area contributed by atoms with Crippen molar-refractivity contribution in [3.63, 3.8) is 0 Å². The summed E-state index contributed by atoms with van der Waals surface area (Å²) in [4.78, 5) is 39.6. The smallest absolute Gasteiger partial charge is 0.409 e. The summed E-state index contributed by atoms with van der Waals surface area (Å²) in [5.74, 6) is -0.0671. The standard InChI is InChI=1S/C17H23ClN4O5/c1-3-27-17(24)21-8-6-20(7-9-21)16(23)12-19(2)11-13-10-14(22(25)26)4-5-15(13)18/h4-5,10H,3,6-9,11-12H2,1-2H3. The molecule has 0 bridgehead atoms. The third-order valence-electron chi connectivity index (χ3n) is 4.24. The molecule has 2 amide bonds. The Morgan fingerprint density at radius 1 is 1.26 bits per heavy atom. The summed E-state index contributed by atoms with van der Waals surface area (Å²) in [6.45, 7) is 4.31. The molecular formula is C17H23ClN4O5. The number of likely N-dealkylation sites (N-methyl/N-ethyl adjacent to an activating group) is 1. The number of hydrogen-bond donors (Lipinski definition) is 0. The molecule has 0 spiro atoms. The Morgan fingerprint density at radius 3 is 2.48 bits per heavy atom. The summed E-state index contributed by atoms with van der Waals surface area (Å²) in [7, 11) is 1.75. The number of non-ortho nitro benzene ring substituents is 1. The molecule has 148 valence electrons. The first-order valence-corrected chi connectivity index (χ1v) is 9.00. The second kappa shape index (κ2) is 9.52. The number of rotatable bonds is 6. The topological polar surface area (TPSA) is 96.2 Å². The van der Waals surface area contributed by atoms with E-state index in [1.807, 2.05) is 0 Å². The van der Waals surface area contributed by atoms with E-state index in [2.05, 4.69) is 0 Å². The molecule has 1 heterocycles. The molecule has 27 heavy (non-hydrogen) atoms. The molecule has 1 aromatic rings. The van der Waals surface area contributed by atoms with E-state index in [0.29, 0.717) is 49.9 Å². The molecule has 0 radical (unpaired) electrons. The number of nitro groups is 1. The average molecular weight is 399 g/mol. The van der Waals surface area contributed by atoms with Crippen LogP contribution in [0.1, 0.15) is 12.5 Å². The maximum Gasteiger partial charge on any atom is 0.409 e. The lowest BCUT2D eigenvalue weighted by Crippen LogP contribution is -2.52. The van der Waals surface area contributed by atoms with Gasteiger partial charge in [-0.3, -0.25) is 19.8 Å². The van der Waals surface area contributed by atoms with Crippen LogP contribution < -0.4 is 0 Å². The van der Waals surface area contributed by atoms with Crippen molar-refractivity contribution in [2.75, 3.05) is 46.4 Å². The summed E-state index contributed by atoms with van der Waals surface area (Å²) in [6.07, 6.45) is -0.359. The molecule has 0 saturated carbocycles.